The van der Waals surface area contributed by atoms with Gasteiger partial charge < -0.3 is 69.0 Å². The summed E-state index contributed by atoms with van der Waals surface area (Å²) < 4.78 is 32.9. The Hall–Kier alpha value is -3.51. The molecule has 0 amide bonds. The van der Waals surface area contributed by atoms with E-state index in [1.54, 1.807) is 6.07 Å². The Labute approximate surface area is 243 Å². The first-order chi connectivity index (χ1) is 20.4. The number of fused-ring (bicyclic) bond motifs is 1. The fourth-order valence-electron chi connectivity index (χ4n) is 4.92. The van der Waals surface area contributed by atoms with E-state index < -0.39 is 79.2 Å². The van der Waals surface area contributed by atoms with E-state index in [4.69, 9.17) is 28.1 Å². The van der Waals surface area contributed by atoms with E-state index in [0.717, 1.165) is 12.1 Å². The molecule has 2 fully saturated rings. The molecule has 0 saturated carbocycles. The van der Waals surface area contributed by atoms with Gasteiger partial charge in [-0.15, -0.1) is 0 Å². The number of phenolic OH excluding ortho intramolecular Hbond substituents is 2. The third-order valence-electron chi connectivity index (χ3n) is 7.40. The molecule has 0 bridgehead atoms. The maximum Gasteiger partial charge on any atom is 0.229 e. The Morgan fingerprint density at radius 1 is 0.791 bits per heavy atom. The second-order valence-electron chi connectivity index (χ2n) is 10.3. The molecule has 10 atom stereocenters. The van der Waals surface area contributed by atoms with Crippen molar-refractivity contribution < 1.29 is 69.0 Å². The lowest BCUT2D eigenvalue weighted by Gasteiger charge is -2.42. The number of aliphatic hydroxyl groups is 6. The smallest absolute Gasteiger partial charge is 0.229 e. The van der Waals surface area contributed by atoms with Crippen LogP contribution in [0.15, 0.2) is 45.6 Å². The van der Waals surface area contributed by atoms with Crippen LogP contribution in [0.2, 0.25) is 0 Å². The summed E-state index contributed by atoms with van der Waals surface area (Å²) in [4.78, 5) is 12.8. The molecule has 3 aromatic rings. The monoisotopic (exact) mass is 608 g/mol. The largest absolute Gasteiger partial charge is 0.507 e. The van der Waals surface area contributed by atoms with Gasteiger partial charge in [0.15, 0.2) is 23.2 Å². The third kappa shape index (κ3) is 5.99. The summed E-state index contributed by atoms with van der Waals surface area (Å²) in [6.45, 7) is 0.953. The Morgan fingerprint density at radius 3 is 2.19 bits per heavy atom. The summed E-state index contributed by atoms with van der Waals surface area (Å²) in [6.07, 6.45) is -15.0. The normalized spacial score (nSPS) is 32.9. The lowest BCUT2D eigenvalue weighted by Crippen LogP contribution is -2.61. The second-order valence-corrected chi connectivity index (χ2v) is 10.3. The molecule has 0 spiro atoms. The number of aliphatic hydroxyl groups excluding tert-OH is 6. The highest BCUT2D eigenvalue weighted by atomic mass is 16.7. The Morgan fingerprint density at radius 2 is 1.49 bits per heavy atom. The van der Waals surface area contributed by atoms with Crippen molar-refractivity contribution in [3.8, 4) is 34.3 Å². The zero-order chi connectivity index (χ0) is 31.2. The van der Waals surface area contributed by atoms with Gasteiger partial charge in [-0.25, -0.2) is 0 Å². The maximum atomic E-state index is 12.8. The van der Waals surface area contributed by atoms with Gasteiger partial charge in [-0.05, 0) is 25.1 Å². The van der Waals surface area contributed by atoms with Gasteiger partial charge in [-0.2, -0.15) is 0 Å². The Balaban J connectivity index is 1.36. The van der Waals surface area contributed by atoms with Gasteiger partial charge in [0.2, 0.25) is 6.29 Å². The quantitative estimate of drug-likeness (QED) is 0.159. The van der Waals surface area contributed by atoms with Gasteiger partial charge in [-0.1, -0.05) is 0 Å². The number of rotatable bonds is 7. The van der Waals surface area contributed by atoms with Crippen LogP contribution in [-0.4, -0.2) is 116 Å². The average Bonchev–Trinajstić information content (AvgIpc) is 2.97. The van der Waals surface area contributed by atoms with Crippen molar-refractivity contribution in [2.75, 3.05) is 13.7 Å². The van der Waals surface area contributed by atoms with Crippen LogP contribution < -0.4 is 14.9 Å². The first-order valence-electron chi connectivity index (χ1n) is 13.3. The summed E-state index contributed by atoms with van der Waals surface area (Å²) in [6, 6.07) is 7.78. The number of aromatic hydroxyl groups is 2. The molecule has 0 aliphatic carbocycles. The molecule has 5 rings (SSSR count). The minimum absolute atomic E-state index is 0.0517. The van der Waals surface area contributed by atoms with Crippen LogP contribution in [0.3, 0.4) is 0 Å². The lowest BCUT2D eigenvalue weighted by atomic mass is 9.98. The maximum absolute atomic E-state index is 12.8. The second kappa shape index (κ2) is 12.2. The summed E-state index contributed by atoms with van der Waals surface area (Å²) in [5.74, 6) is -0.605. The summed E-state index contributed by atoms with van der Waals surface area (Å²) in [7, 11) is 1.38. The number of phenols is 2. The number of benzene rings is 2. The van der Waals surface area contributed by atoms with Gasteiger partial charge >= 0.3 is 0 Å². The highest BCUT2D eigenvalue weighted by Crippen LogP contribution is 2.35. The minimum Gasteiger partial charge on any atom is -0.507 e. The van der Waals surface area contributed by atoms with Gasteiger partial charge in [0.05, 0.1) is 19.8 Å². The molecular formula is C28H32O15. The van der Waals surface area contributed by atoms with Gasteiger partial charge in [-0.3, -0.25) is 4.79 Å². The van der Waals surface area contributed by atoms with E-state index >= 15 is 0 Å². The van der Waals surface area contributed by atoms with E-state index in [9.17, 15) is 45.6 Å². The van der Waals surface area contributed by atoms with Crippen LogP contribution in [0.1, 0.15) is 6.92 Å². The third-order valence-corrected chi connectivity index (χ3v) is 7.40. The fraction of sp³-hybridized carbons (Fsp3) is 0.464. The molecule has 0 radical (unpaired) electrons. The number of methoxy groups -OCH3 is 1. The SMILES string of the molecule is COc1ccc(-c2cc(=O)c3c(O)cc(O[C@@H]4O[C@H](CO[C@@H]5O[C@@H](C)[C@H](O)[C@@H](O)[C@H]5O)[C@@H](O)[C@@H](O)[C@@H]4O)cc3o2)cc1O. The first kappa shape index (κ1) is 30.9. The fourth-order valence-corrected chi connectivity index (χ4v) is 4.92. The van der Waals surface area contributed by atoms with Crippen molar-refractivity contribution >= 4 is 11.0 Å². The van der Waals surface area contributed by atoms with E-state index in [1.807, 2.05) is 0 Å². The van der Waals surface area contributed by atoms with Crippen molar-refractivity contribution in [3.63, 3.8) is 0 Å². The molecule has 43 heavy (non-hydrogen) atoms. The van der Waals surface area contributed by atoms with Crippen LogP contribution in [-0.2, 0) is 14.2 Å². The topological polar surface area (TPSA) is 238 Å². The molecule has 0 unspecified atom stereocenters. The number of hydrogen-bond donors (Lipinski definition) is 8. The molecule has 15 nitrogen and oxygen atoms in total. The van der Waals surface area contributed by atoms with Crippen molar-refractivity contribution in [1.82, 2.24) is 0 Å². The van der Waals surface area contributed by atoms with Crippen molar-refractivity contribution in [2.24, 2.45) is 0 Å². The molecule has 3 heterocycles. The van der Waals surface area contributed by atoms with Crippen LogP contribution in [0.25, 0.3) is 22.3 Å². The van der Waals surface area contributed by atoms with Crippen molar-refractivity contribution in [3.05, 3.63) is 46.6 Å². The van der Waals surface area contributed by atoms with E-state index in [0.29, 0.717) is 5.56 Å². The molecule has 2 aromatic carbocycles. The number of ether oxygens (including phenoxy) is 5. The van der Waals surface area contributed by atoms with Crippen LogP contribution in [0.4, 0.5) is 0 Å². The van der Waals surface area contributed by atoms with Crippen LogP contribution in [0, 0.1) is 0 Å². The Bertz CT molecular complexity index is 1510. The molecule has 2 aliphatic heterocycles. The van der Waals surface area contributed by atoms with E-state index in [2.05, 4.69) is 0 Å². The molecule has 234 valence electrons. The Kier molecular flexibility index (Phi) is 8.80. The minimum atomic E-state index is -1.78. The highest BCUT2D eigenvalue weighted by Gasteiger charge is 2.47. The highest BCUT2D eigenvalue weighted by molar-refractivity contribution is 5.86. The summed E-state index contributed by atoms with van der Waals surface area (Å²) in [5.41, 5.74) is -0.381. The van der Waals surface area contributed by atoms with Crippen LogP contribution in [0.5, 0.6) is 23.0 Å². The molecular weight excluding hydrogens is 576 g/mol. The summed E-state index contributed by atoms with van der Waals surface area (Å²) >= 11 is 0. The van der Waals surface area contributed by atoms with Gasteiger partial charge in [0, 0.05) is 23.8 Å². The molecule has 15 heteroatoms. The molecule has 1 aromatic heterocycles. The lowest BCUT2D eigenvalue weighted by molar-refractivity contribution is -0.318. The van der Waals surface area contributed by atoms with Crippen molar-refractivity contribution in [1.29, 1.82) is 0 Å². The van der Waals surface area contributed by atoms with E-state index in [1.165, 1.54) is 32.2 Å². The average molecular weight is 609 g/mol. The predicted octanol–water partition coefficient (Wildman–Crippen LogP) is -1.09. The standard InChI is InChI=1S/C28H32O15/c1-10-21(32)23(34)25(36)27(40-10)39-9-19-22(33)24(35)26(37)28(43-19)41-12-6-14(30)20-15(31)8-17(42-18(20)7-12)11-3-4-16(38-2)13(29)5-11/h3-8,10,19,21-30,32-37H,9H2,1-2H3/t10-,19+,21-,22+,23+,24+,25+,26-,27+,28+/m0/s1. The molecule has 8 N–H and O–H groups in total. The summed E-state index contributed by atoms with van der Waals surface area (Å²) in [5, 5.41) is 82.0. The van der Waals surface area contributed by atoms with Crippen LogP contribution >= 0.6 is 0 Å². The zero-order valence-electron chi connectivity index (χ0n) is 22.9. The molecule has 2 saturated heterocycles. The zero-order valence-corrected chi connectivity index (χ0v) is 22.9. The van der Waals surface area contributed by atoms with Gasteiger partial charge in [0.1, 0.15) is 71.0 Å². The number of hydrogen-bond acceptors (Lipinski definition) is 15. The van der Waals surface area contributed by atoms with E-state index in [-0.39, 0.29) is 34.0 Å². The molecule has 2 aliphatic rings. The van der Waals surface area contributed by atoms with Crippen molar-refractivity contribution in [2.45, 2.75) is 68.3 Å². The predicted molar refractivity (Wildman–Crippen MR) is 143 cm³/mol. The first-order valence-corrected chi connectivity index (χ1v) is 13.3. The van der Waals surface area contributed by atoms with Gasteiger partial charge in [0.25, 0.3) is 0 Å².